The molecule has 2 aliphatic heterocycles. The molecule has 0 aromatic heterocycles. The van der Waals surface area contributed by atoms with Crippen molar-refractivity contribution < 1.29 is 0 Å². The van der Waals surface area contributed by atoms with E-state index in [0.29, 0.717) is 12.1 Å². The van der Waals surface area contributed by atoms with Crippen LogP contribution in [0.3, 0.4) is 0 Å². The molecular formula is C12H16N2. The lowest BCUT2D eigenvalue weighted by Crippen LogP contribution is -2.54. The summed E-state index contributed by atoms with van der Waals surface area (Å²) in [6.07, 6.45) is 1.22. The minimum atomic E-state index is 0.636. The molecule has 14 heavy (non-hydrogen) atoms. The fourth-order valence-electron chi connectivity index (χ4n) is 2.81. The predicted molar refractivity (Wildman–Crippen MR) is 58.7 cm³/mol. The summed E-state index contributed by atoms with van der Waals surface area (Å²) in [5.74, 6) is 0. The molecule has 0 spiro atoms. The molecule has 0 bridgehead atoms. The molecule has 74 valence electrons. The Labute approximate surface area is 84.9 Å². The zero-order valence-corrected chi connectivity index (χ0v) is 8.53. The van der Waals surface area contributed by atoms with Crippen molar-refractivity contribution in [3.8, 4) is 0 Å². The lowest BCUT2D eigenvalue weighted by atomic mass is 10.1. The van der Waals surface area contributed by atoms with Crippen LogP contribution in [0.25, 0.3) is 0 Å². The number of nitrogens with zero attached hydrogens (tertiary/aromatic N) is 1. The molecule has 2 nitrogen and oxygen atoms in total. The number of fused-ring (bicyclic) bond motifs is 3. The van der Waals surface area contributed by atoms with E-state index in [1.54, 1.807) is 0 Å². The van der Waals surface area contributed by atoms with Crippen molar-refractivity contribution in [3.63, 3.8) is 0 Å². The molecule has 1 N–H and O–H groups in total. The quantitative estimate of drug-likeness (QED) is 0.662. The molecule has 1 fully saturated rings. The third kappa shape index (κ3) is 1.07. The number of hydrogen-bond donors (Lipinski definition) is 1. The maximum atomic E-state index is 3.50. The molecule has 2 aliphatic rings. The third-order valence-electron chi connectivity index (χ3n) is 3.41. The molecule has 0 saturated carbocycles. The Kier molecular flexibility index (Phi) is 1.77. The van der Waals surface area contributed by atoms with E-state index < -0.39 is 0 Å². The van der Waals surface area contributed by atoms with Gasteiger partial charge in [-0.1, -0.05) is 18.2 Å². The summed E-state index contributed by atoms with van der Waals surface area (Å²) in [5, 5.41) is 3.50. The zero-order valence-electron chi connectivity index (χ0n) is 8.53. The fourth-order valence-corrected chi connectivity index (χ4v) is 2.81. The van der Waals surface area contributed by atoms with Gasteiger partial charge in [0.1, 0.15) is 0 Å². The average molecular weight is 188 g/mol. The van der Waals surface area contributed by atoms with Gasteiger partial charge >= 0.3 is 0 Å². The van der Waals surface area contributed by atoms with Crippen LogP contribution in [0, 0.1) is 0 Å². The van der Waals surface area contributed by atoms with Crippen LogP contribution in [0.2, 0.25) is 0 Å². The average Bonchev–Trinajstić information content (AvgIpc) is 2.57. The first-order valence-corrected chi connectivity index (χ1v) is 5.43. The Balaban J connectivity index is 2.03. The first-order chi connectivity index (χ1) is 6.86. The smallest absolute Gasteiger partial charge is 0.0459 e. The van der Waals surface area contributed by atoms with E-state index in [1.807, 2.05) is 0 Å². The number of hydrogen-bond acceptors (Lipinski definition) is 2. The van der Waals surface area contributed by atoms with Gasteiger partial charge in [0.25, 0.3) is 0 Å². The highest BCUT2D eigenvalue weighted by Crippen LogP contribution is 2.34. The maximum absolute atomic E-state index is 3.50. The van der Waals surface area contributed by atoms with Crippen LogP contribution in [0.1, 0.15) is 12.5 Å². The molecule has 3 rings (SSSR count). The van der Waals surface area contributed by atoms with Crippen molar-refractivity contribution in [2.45, 2.75) is 25.4 Å². The first kappa shape index (κ1) is 8.30. The van der Waals surface area contributed by atoms with Gasteiger partial charge in [-0.2, -0.15) is 0 Å². The maximum Gasteiger partial charge on any atom is 0.0459 e. The second-order valence-corrected chi connectivity index (χ2v) is 4.40. The summed E-state index contributed by atoms with van der Waals surface area (Å²) >= 11 is 0. The number of anilines is 1. The second kappa shape index (κ2) is 2.99. The van der Waals surface area contributed by atoms with Gasteiger partial charge in [0.15, 0.2) is 0 Å². The molecule has 0 aliphatic carbocycles. The SMILES string of the molecule is C[C@H]1CNC[C@@H]2Cc3ccccc3N21. The Morgan fingerprint density at radius 1 is 1.29 bits per heavy atom. The summed E-state index contributed by atoms with van der Waals surface area (Å²) < 4.78 is 0. The van der Waals surface area contributed by atoms with Crippen LogP contribution in [0.5, 0.6) is 0 Å². The van der Waals surface area contributed by atoms with E-state index in [0.717, 1.165) is 13.1 Å². The van der Waals surface area contributed by atoms with E-state index >= 15 is 0 Å². The Morgan fingerprint density at radius 2 is 2.14 bits per heavy atom. The summed E-state index contributed by atoms with van der Waals surface area (Å²) in [5.41, 5.74) is 2.99. The Morgan fingerprint density at radius 3 is 3.07 bits per heavy atom. The number of para-hydroxylation sites is 1. The molecule has 2 heteroatoms. The van der Waals surface area contributed by atoms with Gasteiger partial charge in [-0.15, -0.1) is 0 Å². The van der Waals surface area contributed by atoms with Gasteiger partial charge in [-0.25, -0.2) is 0 Å². The van der Waals surface area contributed by atoms with Crippen molar-refractivity contribution in [1.29, 1.82) is 0 Å². The van der Waals surface area contributed by atoms with Crippen molar-refractivity contribution >= 4 is 5.69 Å². The Hall–Kier alpha value is -1.02. The van der Waals surface area contributed by atoms with E-state index in [-0.39, 0.29) is 0 Å². The monoisotopic (exact) mass is 188 g/mol. The zero-order chi connectivity index (χ0) is 9.54. The van der Waals surface area contributed by atoms with E-state index in [4.69, 9.17) is 0 Å². The second-order valence-electron chi connectivity index (χ2n) is 4.40. The minimum Gasteiger partial charge on any atom is -0.363 e. The lowest BCUT2D eigenvalue weighted by molar-refractivity contribution is 0.430. The van der Waals surface area contributed by atoms with Crippen LogP contribution in [0.4, 0.5) is 5.69 Å². The van der Waals surface area contributed by atoms with Gasteiger partial charge in [0.05, 0.1) is 0 Å². The van der Waals surface area contributed by atoms with Crippen molar-refractivity contribution in [2.75, 3.05) is 18.0 Å². The lowest BCUT2D eigenvalue weighted by Gasteiger charge is -2.38. The number of nitrogens with one attached hydrogen (secondary N) is 1. The van der Waals surface area contributed by atoms with Crippen molar-refractivity contribution in [1.82, 2.24) is 5.32 Å². The summed E-state index contributed by atoms with van der Waals surface area (Å²) in [6.45, 7) is 4.56. The molecule has 1 aromatic carbocycles. The first-order valence-electron chi connectivity index (χ1n) is 5.43. The van der Waals surface area contributed by atoms with Gasteiger partial charge in [-0.3, -0.25) is 0 Å². The summed E-state index contributed by atoms with van der Waals surface area (Å²) in [4.78, 5) is 2.59. The molecule has 1 aromatic rings. The van der Waals surface area contributed by atoms with Crippen LogP contribution in [0.15, 0.2) is 24.3 Å². The highest BCUT2D eigenvalue weighted by atomic mass is 15.3. The number of benzene rings is 1. The molecular weight excluding hydrogens is 172 g/mol. The predicted octanol–water partition coefficient (Wildman–Crippen LogP) is 1.41. The Bertz CT molecular complexity index is 348. The molecule has 0 radical (unpaired) electrons. The topological polar surface area (TPSA) is 15.3 Å². The standard InChI is InChI=1S/C12H16N2/c1-9-7-13-8-11-6-10-4-2-3-5-12(10)14(9)11/h2-5,9,11,13H,6-8H2,1H3/t9-,11-/m0/s1. The minimum absolute atomic E-state index is 0.636. The highest BCUT2D eigenvalue weighted by molar-refractivity contribution is 5.60. The van der Waals surface area contributed by atoms with Crippen LogP contribution < -0.4 is 10.2 Å². The van der Waals surface area contributed by atoms with Crippen LogP contribution in [-0.4, -0.2) is 25.2 Å². The molecule has 0 unspecified atom stereocenters. The van der Waals surface area contributed by atoms with Gasteiger partial charge < -0.3 is 10.2 Å². The molecule has 2 atom stereocenters. The van der Waals surface area contributed by atoms with Gasteiger partial charge in [0, 0.05) is 30.9 Å². The van der Waals surface area contributed by atoms with Crippen LogP contribution >= 0.6 is 0 Å². The largest absolute Gasteiger partial charge is 0.363 e. The summed E-state index contributed by atoms with van der Waals surface area (Å²) in [7, 11) is 0. The normalized spacial score (nSPS) is 29.9. The highest BCUT2D eigenvalue weighted by Gasteiger charge is 2.34. The number of rotatable bonds is 0. The summed E-state index contributed by atoms with van der Waals surface area (Å²) in [6, 6.07) is 10.1. The van der Waals surface area contributed by atoms with Crippen LogP contribution in [-0.2, 0) is 6.42 Å². The van der Waals surface area contributed by atoms with Crippen molar-refractivity contribution in [2.24, 2.45) is 0 Å². The number of piperazine rings is 1. The van der Waals surface area contributed by atoms with Crippen molar-refractivity contribution in [3.05, 3.63) is 29.8 Å². The third-order valence-corrected chi connectivity index (χ3v) is 3.41. The molecule has 1 saturated heterocycles. The molecule has 2 heterocycles. The fraction of sp³-hybridized carbons (Fsp3) is 0.500. The van der Waals surface area contributed by atoms with E-state index in [2.05, 4.69) is 41.4 Å². The van der Waals surface area contributed by atoms with Gasteiger partial charge in [0.2, 0.25) is 0 Å². The molecule has 0 amide bonds. The van der Waals surface area contributed by atoms with E-state index in [1.165, 1.54) is 17.7 Å². The van der Waals surface area contributed by atoms with Gasteiger partial charge in [-0.05, 0) is 25.0 Å². The van der Waals surface area contributed by atoms with E-state index in [9.17, 15) is 0 Å².